The molecule has 0 bridgehead atoms. The highest BCUT2D eigenvalue weighted by molar-refractivity contribution is 4.77. The average Bonchev–Trinajstić information content (AvgIpc) is 2.61. The summed E-state index contributed by atoms with van der Waals surface area (Å²) in [6.07, 6.45) is 5.50. The van der Waals surface area contributed by atoms with Gasteiger partial charge < -0.3 is 10.5 Å². The quantitative estimate of drug-likeness (QED) is 0.712. The third kappa shape index (κ3) is 3.28. The van der Waals surface area contributed by atoms with Crippen molar-refractivity contribution in [2.24, 2.45) is 17.6 Å². The van der Waals surface area contributed by atoms with Crippen LogP contribution >= 0.6 is 0 Å². The second kappa shape index (κ2) is 5.61. The van der Waals surface area contributed by atoms with E-state index in [2.05, 4.69) is 13.8 Å². The molecule has 1 fully saturated rings. The standard InChI is InChI=1S/C11H23NO/c1-3-9(2)13-8-11-6-4-5-10(11)7-12/h9-11H,3-8,12H2,1-2H3. The smallest absolute Gasteiger partial charge is 0.0544 e. The molecule has 1 aliphatic rings. The fourth-order valence-electron chi connectivity index (χ4n) is 2.05. The molecule has 0 aromatic carbocycles. The Hall–Kier alpha value is -0.0800. The zero-order valence-corrected chi connectivity index (χ0v) is 8.96. The first-order valence-electron chi connectivity index (χ1n) is 5.59. The first-order chi connectivity index (χ1) is 6.27. The second-order valence-corrected chi connectivity index (χ2v) is 4.24. The van der Waals surface area contributed by atoms with Crippen LogP contribution in [0.3, 0.4) is 0 Å². The summed E-state index contributed by atoms with van der Waals surface area (Å²) in [4.78, 5) is 0. The molecule has 0 spiro atoms. The number of nitrogens with two attached hydrogens (primary N) is 1. The van der Waals surface area contributed by atoms with Gasteiger partial charge in [-0.05, 0) is 44.6 Å². The molecule has 0 amide bonds. The van der Waals surface area contributed by atoms with Gasteiger partial charge in [0.1, 0.15) is 0 Å². The van der Waals surface area contributed by atoms with Gasteiger partial charge >= 0.3 is 0 Å². The molecular weight excluding hydrogens is 162 g/mol. The van der Waals surface area contributed by atoms with Gasteiger partial charge in [0.25, 0.3) is 0 Å². The molecule has 1 saturated carbocycles. The minimum atomic E-state index is 0.416. The molecule has 0 heterocycles. The summed E-state index contributed by atoms with van der Waals surface area (Å²) in [6.45, 7) is 6.08. The van der Waals surface area contributed by atoms with Gasteiger partial charge in [-0.15, -0.1) is 0 Å². The number of hydrogen-bond acceptors (Lipinski definition) is 2. The second-order valence-electron chi connectivity index (χ2n) is 4.24. The SMILES string of the molecule is CCC(C)OCC1CCCC1CN. The van der Waals surface area contributed by atoms with Gasteiger partial charge in [0.2, 0.25) is 0 Å². The summed E-state index contributed by atoms with van der Waals surface area (Å²) in [5.74, 6) is 1.46. The Bertz CT molecular complexity index is 138. The highest BCUT2D eigenvalue weighted by Crippen LogP contribution is 2.31. The van der Waals surface area contributed by atoms with Crippen LogP contribution in [-0.2, 0) is 4.74 Å². The van der Waals surface area contributed by atoms with Crippen LogP contribution in [0.15, 0.2) is 0 Å². The molecule has 0 aromatic heterocycles. The molecule has 3 unspecified atom stereocenters. The van der Waals surface area contributed by atoms with Gasteiger partial charge in [-0.1, -0.05) is 13.3 Å². The first-order valence-corrected chi connectivity index (χ1v) is 5.59. The van der Waals surface area contributed by atoms with Gasteiger partial charge in [-0.3, -0.25) is 0 Å². The van der Waals surface area contributed by atoms with Crippen molar-refractivity contribution in [3.05, 3.63) is 0 Å². The Kier molecular flexibility index (Phi) is 4.74. The van der Waals surface area contributed by atoms with Crippen molar-refractivity contribution in [3.8, 4) is 0 Å². The Morgan fingerprint density at radius 1 is 1.38 bits per heavy atom. The minimum absolute atomic E-state index is 0.416. The molecule has 0 radical (unpaired) electrons. The van der Waals surface area contributed by atoms with Crippen LogP contribution in [-0.4, -0.2) is 19.3 Å². The summed E-state index contributed by atoms with van der Waals surface area (Å²) < 4.78 is 5.75. The van der Waals surface area contributed by atoms with Crippen molar-refractivity contribution in [3.63, 3.8) is 0 Å². The molecule has 0 aliphatic heterocycles. The molecule has 1 rings (SSSR count). The molecule has 13 heavy (non-hydrogen) atoms. The van der Waals surface area contributed by atoms with Crippen LogP contribution in [0.4, 0.5) is 0 Å². The van der Waals surface area contributed by atoms with Gasteiger partial charge in [0.05, 0.1) is 12.7 Å². The lowest BCUT2D eigenvalue weighted by Crippen LogP contribution is -2.24. The van der Waals surface area contributed by atoms with Crippen LogP contribution in [0.5, 0.6) is 0 Å². The maximum Gasteiger partial charge on any atom is 0.0544 e. The molecule has 0 saturated heterocycles. The van der Waals surface area contributed by atoms with E-state index >= 15 is 0 Å². The largest absolute Gasteiger partial charge is 0.378 e. The van der Waals surface area contributed by atoms with E-state index in [9.17, 15) is 0 Å². The van der Waals surface area contributed by atoms with Crippen LogP contribution < -0.4 is 5.73 Å². The van der Waals surface area contributed by atoms with Crippen LogP contribution in [0.25, 0.3) is 0 Å². The zero-order chi connectivity index (χ0) is 9.68. The first kappa shape index (κ1) is 11.0. The Balaban J connectivity index is 2.19. The molecule has 78 valence electrons. The fourth-order valence-corrected chi connectivity index (χ4v) is 2.05. The zero-order valence-electron chi connectivity index (χ0n) is 8.96. The Labute approximate surface area is 81.8 Å². The van der Waals surface area contributed by atoms with E-state index in [0.29, 0.717) is 6.10 Å². The van der Waals surface area contributed by atoms with E-state index in [1.165, 1.54) is 19.3 Å². The highest BCUT2D eigenvalue weighted by Gasteiger charge is 2.26. The van der Waals surface area contributed by atoms with E-state index in [1.54, 1.807) is 0 Å². The van der Waals surface area contributed by atoms with E-state index in [0.717, 1.165) is 31.4 Å². The van der Waals surface area contributed by atoms with E-state index in [4.69, 9.17) is 10.5 Å². The Morgan fingerprint density at radius 3 is 2.69 bits per heavy atom. The molecule has 2 nitrogen and oxygen atoms in total. The van der Waals surface area contributed by atoms with Crippen molar-refractivity contribution >= 4 is 0 Å². The molecule has 2 heteroatoms. The molecule has 1 aliphatic carbocycles. The number of hydrogen-bond donors (Lipinski definition) is 1. The van der Waals surface area contributed by atoms with E-state index in [1.807, 2.05) is 0 Å². The molecule has 2 N–H and O–H groups in total. The summed E-state index contributed by atoms with van der Waals surface area (Å²) in [6, 6.07) is 0. The van der Waals surface area contributed by atoms with E-state index in [-0.39, 0.29) is 0 Å². The number of rotatable bonds is 5. The van der Waals surface area contributed by atoms with Gasteiger partial charge in [-0.2, -0.15) is 0 Å². The predicted octanol–water partition coefficient (Wildman–Crippen LogP) is 2.18. The van der Waals surface area contributed by atoms with Crippen LogP contribution in [0.1, 0.15) is 39.5 Å². The lowest BCUT2D eigenvalue weighted by molar-refractivity contribution is 0.0300. The van der Waals surface area contributed by atoms with Crippen molar-refractivity contribution in [2.75, 3.05) is 13.2 Å². The van der Waals surface area contributed by atoms with Crippen molar-refractivity contribution < 1.29 is 4.74 Å². The summed E-state index contributed by atoms with van der Waals surface area (Å²) >= 11 is 0. The monoisotopic (exact) mass is 185 g/mol. The summed E-state index contributed by atoms with van der Waals surface area (Å²) in [7, 11) is 0. The topological polar surface area (TPSA) is 35.2 Å². The van der Waals surface area contributed by atoms with E-state index < -0.39 is 0 Å². The Morgan fingerprint density at radius 2 is 2.08 bits per heavy atom. The van der Waals surface area contributed by atoms with Crippen LogP contribution in [0.2, 0.25) is 0 Å². The summed E-state index contributed by atoms with van der Waals surface area (Å²) in [5.41, 5.74) is 5.71. The number of ether oxygens (including phenoxy) is 1. The minimum Gasteiger partial charge on any atom is -0.378 e. The lowest BCUT2D eigenvalue weighted by Gasteiger charge is -2.20. The highest BCUT2D eigenvalue weighted by atomic mass is 16.5. The maximum atomic E-state index is 5.75. The van der Waals surface area contributed by atoms with Crippen molar-refractivity contribution in [1.82, 2.24) is 0 Å². The third-order valence-electron chi connectivity index (χ3n) is 3.29. The fraction of sp³-hybridized carbons (Fsp3) is 1.00. The normalized spacial score (nSPS) is 30.7. The van der Waals surface area contributed by atoms with Crippen molar-refractivity contribution in [2.45, 2.75) is 45.6 Å². The van der Waals surface area contributed by atoms with Crippen molar-refractivity contribution in [1.29, 1.82) is 0 Å². The maximum absolute atomic E-state index is 5.75. The summed E-state index contributed by atoms with van der Waals surface area (Å²) in [5, 5.41) is 0. The third-order valence-corrected chi connectivity index (χ3v) is 3.29. The molecule has 0 aromatic rings. The lowest BCUT2D eigenvalue weighted by atomic mass is 9.97. The van der Waals surface area contributed by atoms with Crippen LogP contribution in [0, 0.1) is 11.8 Å². The predicted molar refractivity (Wildman–Crippen MR) is 55.6 cm³/mol. The van der Waals surface area contributed by atoms with Gasteiger partial charge in [0.15, 0.2) is 0 Å². The molecule has 3 atom stereocenters. The van der Waals surface area contributed by atoms with Gasteiger partial charge in [-0.25, -0.2) is 0 Å². The molecular formula is C11H23NO. The van der Waals surface area contributed by atoms with Gasteiger partial charge in [0, 0.05) is 0 Å². The average molecular weight is 185 g/mol.